The smallest absolute Gasteiger partial charge is 0.243 e. The summed E-state index contributed by atoms with van der Waals surface area (Å²) in [7, 11) is -3.74. The number of carbonyl (C=O) groups excluding carboxylic acids is 1. The highest BCUT2D eigenvalue weighted by atomic mass is 32.2. The van der Waals surface area contributed by atoms with E-state index in [2.05, 4.69) is 20.2 Å². The molecule has 0 radical (unpaired) electrons. The van der Waals surface area contributed by atoms with Crippen LogP contribution in [0.25, 0.3) is 11.0 Å². The largest absolute Gasteiger partial charge is 0.353 e. The molecule has 186 valence electrons. The Morgan fingerprint density at radius 3 is 2.57 bits per heavy atom. The van der Waals surface area contributed by atoms with Crippen molar-refractivity contribution in [3.05, 3.63) is 42.6 Å². The number of amides is 1. The molecule has 0 saturated carbocycles. The number of hydrogen-bond acceptors (Lipinski definition) is 7. The number of carbonyl (C=O) groups is 1. The number of hydrogen-bond donors (Lipinski definition) is 0. The monoisotopic (exact) mass is 497 g/mol. The number of fused-ring (bicyclic) bond motifs is 1. The predicted octanol–water partition coefficient (Wildman–Crippen LogP) is 2.16. The Bertz CT molecular complexity index is 1300. The van der Waals surface area contributed by atoms with Gasteiger partial charge in [0.05, 0.1) is 16.3 Å². The molecule has 2 aliphatic rings. The average Bonchev–Trinajstić information content (AvgIpc) is 3.33. The van der Waals surface area contributed by atoms with Gasteiger partial charge in [-0.25, -0.2) is 18.1 Å². The van der Waals surface area contributed by atoms with Crippen molar-refractivity contribution in [1.29, 1.82) is 0 Å². The number of aromatic nitrogens is 4. The third-order valence-electron chi connectivity index (χ3n) is 6.87. The number of piperazine rings is 1. The lowest BCUT2D eigenvalue weighted by Gasteiger charge is -2.39. The van der Waals surface area contributed by atoms with Gasteiger partial charge in [0.25, 0.3) is 0 Å². The molecule has 0 spiro atoms. The van der Waals surface area contributed by atoms with Crippen LogP contribution in [0.15, 0.2) is 47.5 Å². The summed E-state index contributed by atoms with van der Waals surface area (Å²) in [5, 5.41) is 8.30. The minimum Gasteiger partial charge on any atom is -0.353 e. The molecule has 2 fully saturated rings. The van der Waals surface area contributed by atoms with Gasteiger partial charge in [0.15, 0.2) is 0 Å². The van der Waals surface area contributed by atoms with E-state index in [4.69, 9.17) is 0 Å². The van der Waals surface area contributed by atoms with Gasteiger partial charge >= 0.3 is 0 Å². The van der Waals surface area contributed by atoms with Crippen molar-refractivity contribution in [2.45, 2.75) is 37.6 Å². The average molecular weight is 498 g/mol. The van der Waals surface area contributed by atoms with Crippen molar-refractivity contribution in [2.24, 2.45) is 5.92 Å². The summed E-state index contributed by atoms with van der Waals surface area (Å²) >= 11 is 0. The number of pyridine rings is 1. The van der Waals surface area contributed by atoms with Gasteiger partial charge in [0.1, 0.15) is 11.3 Å². The molecule has 1 amide bonds. The molecule has 0 N–H and O–H groups in total. The molecule has 2 saturated heterocycles. The van der Waals surface area contributed by atoms with Crippen LogP contribution in [0.2, 0.25) is 0 Å². The lowest BCUT2D eigenvalue weighted by atomic mass is 9.98. The van der Waals surface area contributed by atoms with E-state index in [0.717, 1.165) is 11.3 Å². The number of nitrogens with zero attached hydrogens (tertiary/aromatic N) is 7. The lowest BCUT2D eigenvalue weighted by Crippen LogP contribution is -2.53. The van der Waals surface area contributed by atoms with E-state index in [9.17, 15) is 13.2 Å². The predicted molar refractivity (Wildman–Crippen MR) is 132 cm³/mol. The zero-order valence-corrected chi connectivity index (χ0v) is 20.9. The van der Waals surface area contributed by atoms with Crippen LogP contribution in [-0.2, 0) is 14.8 Å². The van der Waals surface area contributed by atoms with Crippen molar-refractivity contribution in [3.63, 3.8) is 0 Å². The first-order valence-electron chi connectivity index (χ1n) is 12.1. The minimum absolute atomic E-state index is 0.0425. The highest BCUT2D eigenvalue weighted by molar-refractivity contribution is 7.89. The van der Waals surface area contributed by atoms with Gasteiger partial charge in [0, 0.05) is 51.5 Å². The summed E-state index contributed by atoms with van der Waals surface area (Å²) in [4.78, 5) is 21.9. The van der Waals surface area contributed by atoms with Gasteiger partial charge in [0.2, 0.25) is 15.9 Å². The maximum absolute atomic E-state index is 13.4. The molecule has 3 aromatic rings. The molecule has 2 aromatic heterocycles. The Kier molecular flexibility index (Phi) is 6.45. The Hall–Kier alpha value is -3.05. The first-order valence-corrected chi connectivity index (χ1v) is 13.6. The lowest BCUT2D eigenvalue weighted by molar-refractivity contribution is -0.137. The van der Waals surface area contributed by atoms with E-state index >= 15 is 0 Å². The van der Waals surface area contributed by atoms with E-state index < -0.39 is 10.0 Å². The first-order chi connectivity index (χ1) is 16.8. The summed E-state index contributed by atoms with van der Waals surface area (Å²) in [6.07, 6.45) is 3.14. The van der Waals surface area contributed by atoms with Gasteiger partial charge in [-0.15, -0.1) is 5.10 Å². The molecule has 0 aliphatic carbocycles. The molecule has 10 nitrogen and oxygen atoms in total. The molecule has 2 aliphatic heterocycles. The fourth-order valence-corrected chi connectivity index (χ4v) is 6.47. The third-order valence-corrected chi connectivity index (χ3v) is 8.73. The van der Waals surface area contributed by atoms with Crippen molar-refractivity contribution in [1.82, 2.24) is 29.2 Å². The maximum atomic E-state index is 13.4. The highest BCUT2D eigenvalue weighted by Gasteiger charge is 2.36. The number of sulfonamides is 1. The summed E-state index contributed by atoms with van der Waals surface area (Å²) in [6, 6.07) is 10.9. The Morgan fingerprint density at radius 1 is 1.06 bits per heavy atom. The van der Waals surface area contributed by atoms with Crippen molar-refractivity contribution >= 4 is 32.8 Å². The SMILES string of the molecule is CC(C)n1nnc2cc(S(=O)(=O)N3CCC[C@@H](C(=O)N4CCN(c5ccccn5)CC4)C3)ccc21. The van der Waals surface area contributed by atoms with Gasteiger partial charge in [-0.2, -0.15) is 4.31 Å². The van der Waals surface area contributed by atoms with E-state index in [-0.39, 0.29) is 29.3 Å². The van der Waals surface area contributed by atoms with Crippen LogP contribution in [0.4, 0.5) is 5.82 Å². The molecular weight excluding hydrogens is 466 g/mol. The quantitative estimate of drug-likeness (QED) is 0.532. The summed E-state index contributed by atoms with van der Waals surface area (Å²) < 4.78 is 30.1. The van der Waals surface area contributed by atoms with Crippen LogP contribution in [0.1, 0.15) is 32.7 Å². The fraction of sp³-hybridized carbons (Fsp3) is 0.500. The van der Waals surface area contributed by atoms with Gasteiger partial charge in [-0.05, 0) is 57.0 Å². The van der Waals surface area contributed by atoms with Crippen LogP contribution in [-0.4, -0.2) is 82.8 Å². The normalized spacial score (nSPS) is 20.0. The number of anilines is 1. The topological polar surface area (TPSA) is 105 Å². The van der Waals surface area contributed by atoms with Crippen LogP contribution in [0, 0.1) is 5.92 Å². The third kappa shape index (κ3) is 4.62. The van der Waals surface area contributed by atoms with Crippen LogP contribution < -0.4 is 4.90 Å². The minimum atomic E-state index is -3.74. The maximum Gasteiger partial charge on any atom is 0.243 e. The molecule has 1 atom stereocenters. The standard InChI is InChI=1S/C24H31N7O3S/c1-18(2)31-22-9-8-20(16-21(22)26-27-31)35(33,34)30-11-5-6-19(17-30)24(32)29-14-12-28(13-15-29)23-7-3-4-10-25-23/h3-4,7-10,16,18-19H,5-6,11-15,17H2,1-2H3/t19-/m1/s1. The summed E-state index contributed by atoms with van der Waals surface area (Å²) in [5.74, 6) is 0.631. The van der Waals surface area contributed by atoms with Gasteiger partial charge in [-0.3, -0.25) is 4.79 Å². The molecule has 11 heteroatoms. The van der Waals surface area contributed by atoms with Crippen molar-refractivity contribution < 1.29 is 13.2 Å². The van der Waals surface area contributed by atoms with E-state index in [0.29, 0.717) is 51.1 Å². The van der Waals surface area contributed by atoms with Gasteiger partial charge < -0.3 is 9.80 Å². The van der Waals surface area contributed by atoms with Crippen LogP contribution in [0.5, 0.6) is 0 Å². The molecule has 4 heterocycles. The molecule has 35 heavy (non-hydrogen) atoms. The zero-order valence-electron chi connectivity index (χ0n) is 20.1. The fourth-order valence-electron chi connectivity index (χ4n) is 4.93. The second-order valence-corrected chi connectivity index (χ2v) is 11.4. The van der Waals surface area contributed by atoms with Crippen LogP contribution >= 0.6 is 0 Å². The van der Waals surface area contributed by atoms with Crippen molar-refractivity contribution in [2.75, 3.05) is 44.2 Å². The molecular formula is C24H31N7O3S. The molecule has 0 unspecified atom stereocenters. The van der Waals surface area contributed by atoms with Gasteiger partial charge in [-0.1, -0.05) is 11.3 Å². The molecule has 1 aromatic carbocycles. The Morgan fingerprint density at radius 2 is 1.86 bits per heavy atom. The molecule has 5 rings (SSSR count). The van der Waals surface area contributed by atoms with Crippen molar-refractivity contribution in [3.8, 4) is 0 Å². The Labute approximate surface area is 205 Å². The molecule has 0 bridgehead atoms. The highest BCUT2D eigenvalue weighted by Crippen LogP contribution is 2.27. The second kappa shape index (κ2) is 9.54. The summed E-state index contributed by atoms with van der Waals surface area (Å²) in [5.41, 5.74) is 1.35. The van der Waals surface area contributed by atoms with Crippen LogP contribution in [0.3, 0.4) is 0 Å². The number of rotatable bonds is 5. The summed E-state index contributed by atoms with van der Waals surface area (Å²) in [6.45, 7) is 7.28. The van der Waals surface area contributed by atoms with E-state index in [1.165, 1.54) is 4.31 Å². The second-order valence-electron chi connectivity index (χ2n) is 9.48. The number of piperidine rings is 1. The Balaban J connectivity index is 1.26. The zero-order chi connectivity index (χ0) is 24.6. The van der Waals surface area contributed by atoms with E-state index in [1.807, 2.05) is 36.9 Å². The number of benzene rings is 1. The van der Waals surface area contributed by atoms with E-state index in [1.54, 1.807) is 29.1 Å². The first kappa shape index (κ1) is 23.7.